The summed E-state index contributed by atoms with van der Waals surface area (Å²) in [6, 6.07) is 0. The third-order valence-corrected chi connectivity index (χ3v) is 4.67. The molecule has 1 rings (SSSR count). The zero-order valence-corrected chi connectivity index (χ0v) is 11.5. The fraction of sp³-hybridized carbons (Fsp3) is 1.00. The third kappa shape index (κ3) is 4.24. The molecule has 96 valence electrons. The van der Waals surface area contributed by atoms with Gasteiger partial charge in [-0.25, -0.2) is 0 Å². The zero-order valence-electron chi connectivity index (χ0n) is 10.7. The lowest BCUT2D eigenvalue weighted by atomic mass is 9.92. The Hall–Kier alpha value is 0.230. The minimum absolute atomic E-state index is 0.0521. The second kappa shape index (κ2) is 5.71. The lowest BCUT2D eigenvalue weighted by Gasteiger charge is -2.32. The molecule has 1 aliphatic rings. The van der Waals surface area contributed by atoms with Crippen molar-refractivity contribution in [3.63, 3.8) is 0 Å². The van der Waals surface area contributed by atoms with Gasteiger partial charge in [0.15, 0.2) is 0 Å². The lowest BCUT2D eigenvalue weighted by Crippen LogP contribution is -2.41. The van der Waals surface area contributed by atoms with E-state index in [2.05, 4.69) is 18.7 Å². The first kappa shape index (κ1) is 14.3. The highest BCUT2D eigenvalue weighted by Gasteiger charge is 2.29. The Bertz CT molecular complexity index is 217. The summed E-state index contributed by atoms with van der Waals surface area (Å²) in [4.78, 5) is 2.37. The quantitative estimate of drug-likeness (QED) is 0.783. The van der Waals surface area contributed by atoms with E-state index >= 15 is 0 Å². The second-order valence-corrected chi connectivity index (χ2v) is 7.56. The van der Waals surface area contributed by atoms with Gasteiger partial charge >= 0.3 is 0 Å². The number of aliphatic hydroxyl groups excluding tert-OH is 2. The van der Waals surface area contributed by atoms with E-state index in [0.29, 0.717) is 4.75 Å². The highest BCUT2D eigenvalue weighted by atomic mass is 32.2. The molecule has 0 aromatic rings. The minimum Gasteiger partial charge on any atom is -0.396 e. The Morgan fingerprint density at radius 1 is 1.25 bits per heavy atom. The molecule has 0 aromatic heterocycles. The van der Waals surface area contributed by atoms with E-state index in [1.54, 1.807) is 0 Å². The summed E-state index contributed by atoms with van der Waals surface area (Å²) in [5.41, 5.74) is -0.362. The Labute approximate surface area is 103 Å². The molecular weight excluding hydrogens is 222 g/mol. The first-order chi connectivity index (χ1) is 7.41. The molecule has 0 radical (unpaired) electrons. The number of thioether (sulfide) groups is 1. The van der Waals surface area contributed by atoms with Crippen molar-refractivity contribution >= 4 is 11.8 Å². The molecule has 1 heterocycles. The van der Waals surface area contributed by atoms with Gasteiger partial charge in [-0.15, -0.1) is 0 Å². The monoisotopic (exact) mass is 247 g/mol. The molecule has 0 atom stereocenters. The molecule has 0 spiro atoms. The summed E-state index contributed by atoms with van der Waals surface area (Å²) in [7, 11) is 0. The number of aliphatic hydroxyl groups is 2. The van der Waals surface area contributed by atoms with Crippen LogP contribution in [0.1, 0.15) is 27.2 Å². The Morgan fingerprint density at radius 2 is 1.88 bits per heavy atom. The smallest absolute Gasteiger partial charge is 0.0519 e. The topological polar surface area (TPSA) is 43.7 Å². The van der Waals surface area contributed by atoms with Gasteiger partial charge < -0.3 is 15.1 Å². The average molecular weight is 247 g/mol. The molecule has 0 unspecified atom stereocenters. The van der Waals surface area contributed by atoms with Crippen LogP contribution in [0.25, 0.3) is 0 Å². The molecule has 0 aromatic carbocycles. The van der Waals surface area contributed by atoms with E-state index in [1.807, 2.05) is 18.7 Å². The van der Waals surface area contributed by atoms with Crippen molar-refractivity contribution in [1.29, 1.82) is 0 Å². The fourth-order valence-corrected chi connectivity index (χ4v) is 3.05. The zero-order chi connectivity index (χ0) is 12.2. The van der Waals surface area contributed by atoms with Crippen LogP contribution in [0.3, 0.4) is 0 Å². The van der Waals surface area contributed by atoms with Gasteiger partial charge in [-0.2, -0.15) is 11.8 Å². The van der Waals surface area contributed by atoms with Crippen molar-refractivity contribution in [2.75, 3.05) is 38.6 Å². The summed E-state index contributed by atoms with van der Waals surface area (Å²) >= 11 is 2.02. The van der Waals surface area contributed by atoms with Crippen molar-refractivity contribution in [3.8, 4) is 0 Å². The SMILES string of the molecule is CC(CO)(CO)CN1CCSC(C)(C)CC1. The molecule has 4 heteroatoms. The van der Waals surface area contributed by atoms with Gasteiger partial charge in [0.2, 0.25) is 0 Å². The van der Waals surface area contributed by atoms with Crippen LogP contribution in [0.4, 0.5) is 0 Å². The van der Waals surface area contributed by atoms with Crippen molar-refractivity contribution in [1.82, 2.24) is 4.90 Å². The first-order valence-corrected chi connectivity index (χ1v) is 6.97. The van der Waals surface area contributed by atoms with Gasteiger partial charge in [-0.1, -0.05) is 20.8 Å². The third-order valence-electron chi connectivity index (χ3n) is 3.30. The number of rotatable bonds is 4. The van der Waals surface area contributed by atoms with Gasteiger partial charge in [0.05, 0.1) is 13.2 Å². The normalized spacial score (nSPS) is 23.1. The number of hydrogen-bond donors (Lipinski definition) is 2. The maximum atomic E-state index is 9.30. The van der Waals surface area contributed by atoms with Crippen molar-refractivity contribution in [2.24, 2.45) is 5.41 Å². The van der Waals surface area contributed by atoms with Gasteiger partial charge in [0.25, 0.3) is 0 Å². The molecule has 1 fully saturated rings. The van der Waals surface area contributed by atoms with Gasteiger partial charge in [0, 0.05) is 29.0 Å². The van der Waals surface area contributed by atoms with Gasteiger partial charge in [0.1, 0.15) is 0 Å². The molecule has 16 heavy (non-hydrogen) atoms. The minimum atomic E-state index is -0.362. The second-order valence-electron chi connectivity index (χ2n) is 5.76. The Balaban J connectivity index is 2.49. The fourth-order valence-electron chi connectivity index (χ4n) is 1.91. The molecule has 0 saturated carbocycles. The molecule has 1 saturated heterocycles. The van der Waals surface area contributed by atoms with E-state index in [0.717, 1.165) is 25.4 Å². The summed E-state index contributed by atoms with van der Waals surface area (Å²) in [6.07, 6.45) is 1.17. The largest absolute Gasteiger partial charge is 0.396 e. The van der Waals surface area contributed by atoms with E-state index in [1.165, 1.54) is 6.42 Å². The van der Waals surface area contributed by atoms with Crippen molar-refractivity contribution in [3.05, 3.63) is 0 Å². The highest BCUT2D eigenvalue weighted by molar-refractivity contribution is 8.00. The van der Waals surface area contributed by atoms with Crippen LogP contribution in [0.15, 0.2) is 0 Å². The molecular formula is C12H25NO2S. The molecule has 0 bridgehead atoms. The molecule has 3 nitrogen and oxygen atoms in total. The predicted octanol–water partition coefficient (Wildman–Crippen LogP) is 1.19. The summed E-state index contributed by atoms with van der Waals surface area (Å²) in [5, 5.41) is 18.6. The van der Waals surface area contributed by atoms with Crippen LogP contribution in [0, 0.1) is 5.41 Å². The average Bonchev–Trinajstić information content (AvgIpc) is 2.40. The van der Waals surface area contributed by atoms with Gasteiger partial charge in [-0.05, 0) is 13.0 Å². The maximum Gasteiger partial charge on any atom is 0.0519 e. The number of hydrogen-bond acceptors (Lipinski definition) is 4. The van der Waals surface area contributed by atoms with E-state index in [9.17, 15) is 10.2 Å². The predicted molar refractivity (Wildman–Crippen MR) is 69.9 cm³/mol. The summed E-state index contributed by atoms with van der Waals surface area (Å²) in [6.45, 7) is 9.54. The number of nitrogens with zero attached hydrogens (tertiary/aromatic N) is 1. The molecule has 0 aliphatic carbocycles. The van der Waals surface area contributed by atoms with E-state index < -0.39 is 0 Å². The molecule has 1 aliphatic heterocycles. The first-order valence-electron chi connectivity index (χ1n) is 5.99. The van der Waals surface area contributed by atoms with Gasteiger partial charge in [-0.3, -0.25) is 0 Å². The van der Waals surface area contributed by atoms with Crippen LogP contribution in [-0.2, 0) is 0 Å². The molecule has 2 N–H and O–H groups in total. The van der Waals surface area contributed by atoms with Crippen molar-refractivity contribution < 1.29 is 10.2 Å². The standard InChI is InChI=1S/C12H25NO2S/c1-11(2)4-5-13(6-7-16-11)8-12(3,9-14)10-15/h14-15H,4-10H2,1-3H3. The van der Waals surface area contributed by atoms with Crippen LogP contribution >= 0.6 is 11.8 Å². The molecule has 0 amide bonds. The van der Waals surface area contributed by atoms with Crippen molar-refractivity contribution in [2.45, 2.75) is 31.9 Å². The van der Waals surface area contributed by atoms with Crippen LogP contribution in [-0.4, -0.2) is 58.5 Å². The summed E-state index contributed by atoms with van der Waals surface area (Å²) in [5.74, 6) is 1.14. The van der Waals surface area contributed by atoms with E-state index in [-0.39, 0.29) is 18.6 Å². The Morgan fingerprint density at radius 3 is 2.44 bits per heavy atom. The highest BCUT2D eigenvalue weighted by Crippen LogP contribution is 2.31. The van der Waals surface area contributed by atoms with Crippen LogP contribution in [0.5, 0.6) is 0 Å². The van der Waals surface area contributed by atoms with Crippen LogP contribution in [0.2, 0.25) is 0 Å². The summed E-state index contributed by atoms with van der Waals surface area (Å²) < 4.78 is 0.365. The Kier molecular flexibility index (Phi) is 5.10. The van der Waals surface area contributed by atoms with E-state index in [4.69, 9.17) is 0 Å². The lowest BCUT2D eigenvalue weighted by molar-refractivity contribution is 0.0365. The van der Waals surface area contributed by atoms with Crippen LogP contribution < -0.4 is 0 Å². The maximum absolute atomic E-state index is 9.30.